The Morgan fingerprint density at radius 2 is 2.53 bits per heavy atom. The summed E-state index contributed by atoms with van der Waals surface area (Å²) in [6.45, 7) is 2.83. The van der Waals surface area contributed by atoms with Crippen molar-refractivity contribution in [2.24, 2.45) is 11.7 Å². The number of amides is 1. The van der Waals surface area contributed by atoms with Crippen LogP contribution in [-0.2, 0) is 11.2 Å². The third kappa shape index (κ3) is 3.67. The lowest BCUT2D eigenvalue weighted by Crippen LogP contribution is -2.35. The molecule has 84 valence electrons. The summed E-state index contributed by atoms with van der Waals surface area (Å²) < 4.78 is 4.57. The fourth-order valence-electron chi connectivity index (χ4n) is 1.20. The van der Waals surface area contributed by atoms with Crippen LogP contribution in [0.3, 0.4) is 0 Å². The highest BCUT2D eigenvalue weighted by molar-refractivity contribution is 5.78. The fraction of sp³-hybridized carbons (Fsp3) is 0.667. The van der Waals surface area contributed by atoms with E-state index in [1.54, 1.807) is 0 Å². The molecule has 0 radical (unpaired) electrons. The van der Waals surface area contributed by atoms with Gasteiger partial charge in [0.05, 0.1) is 0 Å². The molecule has 0 aromatic carbocycles. The summed E-state index contributed by atoms with van der Waals surface area (Å²) in [7, 11) is 0. The minimum atomic E-state index is -0.102. The fourth-order valence-corrected chi connectivity index (χ4v) is 1.20. The van der Waals surface area contributed by atoms with E-state index in [4.69, 9.17) is 5.73 Å². The van der Waals surface area contributed by atoms with E-state index in [9.17, 15) is 4.79 Å². The van der Waals surface area contributed by atoms with E-state index in [0.717, 1.165) is 6.42 Å². The molecule has 0 aliphatic carbocycles. The monoisotopic (exact) mass is 212 g/mol. The zero-order chi connectivity index (χ0) is 11.1. The first kappa shape index (κ1) is 11.6. The van der Waals surface area contributed by atoms with Crippen LogP contribution in [0.5, 0.6) is 0 Å². The maximum atomic E-state index is 11.5. The van der Waals surface area contributed by atoms with Gasteiger partial charge in [-0.3, -0.25) is 4.79 Å². The molecule has 6 heteroatoms. The number of nitrogens with two attached hydrogens (primary N) is 1. The molecule has 6 nitrogen and oxygen atoms in total. The summed E-state index contributed by atoms with van der Waals surface area (Å²) in [5.41, 5.74) is 5.45. The van der Waals surface area contributed by atoms with Crippen molar-refractivity contribution in [3.8, 4) is 0 Å². The van der Waals surface area contributed by atoms with Gasteiger partial charge in [-0.05, 0) is 6.42 Å². The van der Waals surface area contributed by atoms with Crippen molar-refractivity contribution < 1.29 is 9.32 Å². The van der Waals surface area contributed by atoms with E-state index in [2.05, 4.69) is 20.0 Å². The molecule has 1 aromatic rings. The largest absolute Gasteiger partial charge is 0.355 e. The lowest BCUT2D eigenvalue weighted by molar-refractivity contribution is -0.124. The Morgan fingerprint density at radius 1 is 1.73 bits per heavy atom. The number of aromatic nitrogens is 2. The van der Waals surface area contributed by atoms with Gasteiger partial charge in [0.15, 0.2) is 5.82 Å². The van der Waals surface area contributed by atoms with E-state index in [-0.39, 0.29) is 11.8 Å². The van der Waals surface area contributed by atoms with Crippen molar-refractivity contribution in [2.75, 3.05) is 13.1 Å². The highest BCUT2D eigenvalue weighted by Crippen LogP contribution is 1.99. The van der Waals surface area contributed by atoms with Gasteiger partial charge in [-0.1, -0.05) is 12.1 Å². The number of hydrogen-bond acceptors (Lipinski definition) is 5. The molecule has 0 aliphatic rings. The number of rotatable bonds is 6. The quantitative estimate of drug-likeness (QED) is 0.676. The van der Waals surface area contributed by atoms with Crippen LogP contribution in [0.15, 0.2) is 10.9 Å². The Balaban J connectivity index is 2.22. The summed E-state index contributed by atoms with van der Waals surface area (Å²) in [4.78, 5) is 15.3. The first-order valence-electron chi connectivity index (χ1n) is 5.01. The second kappa shape index (κ2) is 6.13. The Kier molecular flexibility index (Phi) is 4.76. The molecular formula is C9H16N4O2. The summed E-state index contributed by atoms with van der Waals surface area (Å²) >= 11 is 0. The zero-order valence-electron chi connectivity index (χ0n) is 8.77. The minimum absolute atomic E-state index is 0.0107. The molecule has 1 aromatic heterocycles. The van der Waals surface area contributed by atoms with Gasteiger partial charge >= 0.3 is 0 Å². The second-order valence-electron chi connectivity index (χ2n) is 3.23. The molecule has 0 spiro atoms. The first-order chi connectivity index (χ1) is 7.27. The maximum absolute atomic E-state index is 11.5. The summed E-state index contributed by atoms with van der Waals surface area (Å²) in [5, 5.41) is 6.42. The standard InChI is InChI=1S/C9H16N4O2/c1-2-7(5-10)9(14)11-4-3-8-12-6-15-13-8/h6-7H,2-5,10H2,1H3,(H,11,14). The average Bonchev–Trinajstić information content (AvgIpc) is 2.72. The molecule has 1 amide bonds. The zero-order valence-corrected chi connectivity index (χ0v) is 8.77. The van der Waals surface area contributed by atoms with Gasteiger partial charge in [0.2, 0.25) is 12.3 Å². The molecular weight excluding hydrogens is 196 g/mol. The van der Waals surface area contributed by atoms with Crippen molar-refractivity contribution in [2.45, 2.75) is 19.8 Å². The van der Waals surface area contributed by atoms with Gasteiger partial charge in [-0.2, -0.15) is 4.98 Å². The number of carbonyl (C=O) groups is 1. The third-order valence-electron chi connectivity index (χ3n) is 2.20. The molecule has 1 rings (SSSR count). The van der Waals surface area contributed by atoms with E-state index >= 15 is 0 Å². The molecule has 0 fully saturated rings. The normalized spacial score (nSPS) is 12.4. The lowest BCUT2D eigenvalue weighted by Gasteiger charge is -2.11. The van der Waals surface area contributed by atoms with Crippen LogP contribution >= 0.6 is 0 Å². The van der Waals surface area contributed by atoms with Crippen LogP contribution in [0.25, 0.3) is 0 Å². The van der Waals surface area contributed by atoms with Crippen LogP contribution in [0.4, 0.5) is 0 Å². The van der Waals surface area contributed by atoms with E-state index < -0.39 is 0 Å². The molecule has 0 saturated carbocycles. The summed E-state index contributed by atoms with van der Waals surface area (Å²) in [6.07, 6.45) is 2.60. The average molecular weight is 212 g/mol. The topological polar surface area (TPSA) is 94.0 Å². The number of carbonyl (C=O) groups excluding carboxylic acids is 1. The second-order valence-corrected chi connectivity index (χ2v) is 3.23. The van der Waals surface area contributed by atoms with Gasteiger partial charge in [0.25, 0.3) is 0 Å². The van der Waals surface area contributed by atoms with Crippen molar-refractivity contribution >= 4 is 5.91 Å². The number of hydrogen-bond donors (Lipinski definition) is 2. The summed E-state index contributed by atoms with van der Waals surface area (Å²) in [5.74, 6) is 0.481. The Labute approximate surface area is 88.2 Å². The molecule has 0 bridgehead atoms. The van der Waals surface area contributed by atoms with Crippen molar-refractivity contribution in [1.29, 1.82) is 0 Å². The van der Waals surface area contributed by atoms with Gasteiger partial charge in [0.1, 0.15) is 0 Å². The molecule has 0 saturated heterocycles. The predicted octanol–water partition coefficient (Wildman–Crippen LogP) is -0.287. The lowest BCUT2D eigenvalue weighted by atomic mass is 10.1. The van der Waals surface area contributed by atoms with E-state index in [1.807, 2.05) is 6.92 Å². The Hall–Kier alpha value is -1.43. The molecule has 3 N–H and O–H groups in total. The number of nitrogens with zero attached hydrogens (tertiary/aromatic N) is 2. The van der Waals surface area contributed by atoms with Crippen molar-refractivity contribution in [3.63, 3.8) is 0 Å². The van der Waals surface area contributed by atoms with Crippen LogP contribution < -0.4 is 11.1 Å². The molecule has 1 heterocycles. The van der Waals surface area contributed by atoms with Crippen molar-refractivity contribution in [3.05, 3.63) is 12.2 Å². The van der Waals surface area contributed by atoms with E-state index in [0.29, 0.717) is 25.3 Å². The van der Waals surface area contributed by atoms with Gasteiger partial charge < -0.3 is 15.6 Å². The van der Waals surface area contributed by atoms with Crippen LogP contribution in [0.1, 0.15) is 19.2 Å². The van der Waals surface area contributed by atoms with Crippen LogP contribution in [-0.4, -0.2) is 29.1 Å². The van der Waals surface area contributed by atoms with Crippen molar-refractivity contribution in [1.82, 2.24) is 15.5 Å². The third-order valence-corrected chi connectivity index (χ3v) is 2.20. The minimum Gasteiger partial charge on any atom is -0.355 e. The smallest absolute Gasteiger partial charge is 0.224 e. The van der Waals surface area contributed by atoms with Gasteiger partial charge in [-0.25, -0.2) is 0 Å². The Morgan fingerprint density at radius 3 is 3.07 bits per heavy atom. The molecule has 1 unspecified atom stereocenters. The van der Waals surface area contributed by atoms with Gasteiger partial charge in [-0.15, -0.1) is 0 Å². The highest BCUT2D eigenvalue weighted by Gasteiger charge is 2.13. The van der Waals surface area contributed by atoms with Crippen LogP contribution in [0, 0.1) is 5.92 Å². The molecule has 15 heavy (non-hydrogen) atoms. The molecule has 0 aliphatic heterocycles. The molecule has 1 atom stereocenters. The first-order valence-corrected chi connectivity index (χ1v) is 5.01. The summed E-state index contributed by atoms with van der Waals surface area (Å²) in [6, 6.07) is 0. The highest BCUT2D eigenvalue weighted by atomic mass is 16.5. The van der Waals surface area contributed by atoms with E-state index in [1.165, 1.54) is 6.39 Å². The van der Waals surface area contributed by atoms with Crippen LogP contribution in [0.2, 0.25) is 0 Å². The predicted molar refractivity (Wildman–Crippen MR) is 53.8 cm³/mol. The maximum Gasteiger partial charge on any atom is 0.224 e. The Bertz CT molecular complexity index is 282. The number of nitrogens with one attached hydrogen (secondary N) is 1. The van der Waals surface area contributed by atoms with Gasteiger partial charge in [0, 0.05) is 25.4 Å². The SMILES string of the molecule is CCC(CN)C(=O)NCCc1ncon1.